The molecule has 0 bridgehead atoms. The van der Waals surface area contributed by atoms with Crippen molar-refractivity contribution in [3.05, 3.63) is 23.5 Å². The van der Waals surface area contributed by atoms with Gasteiger partial charge in [0, 0.05) is 17.0 Å². The smallest absolute Gasteiger partial charge is 0.243 e. The summed E-state index contributed by atoms with van der Waals surface area (Å²) in [7, 11) is -3.88. The maximum Gasteiger partial charge on any atom is 0.243 e. The number of hydrogen-bond donors (Lipinski definition) is 2. The van der Waals surface area contributed by atoms with Crippen LogP contribution in [0.25, 0.3) is 0 Å². The monoisotopic (exact) mass is 332 g/mol. The summed E-state index contributed by atoms with van der Waals surface area (Å²) in [5.74, 6) is -0.758. The Labute approximate surface area is 129 Å². The molecule has 3 N–H and O–H groups in total. The predicted octanol–water partition coefficient (Wildman–Crippen LogP) is 2.67. The average molecular weight is 332 g/mol. The summed E-state index contributed by atoms with van der Waals surface area (Å²) in [5.41, 5.74) is 6.51. The van der Waals surface area contributed by atoms with Gasteiger partial charge in [0.1, 0.15) is 10.7 Å². The van der Waals surface area contributed by atoms with Gasteiger partial charge in [0.05, 0.1) is 0 Å². The Bertz CT molecular complexity index is 620. The molecule has 118 valence electrons. The van der Waals surface area contributed by atoms with Gasteiger partial charge in [-0.05, 0) is 50.1 Å². The molecule has 0 radical (unpaired) electrons. The van der Waals surface area contributed by atoms with Gasteiger partial charge < -0.3 is 5.73 Å². The van der Waals surface area contributed by atoms with Crippen molar-refractivity contribution in [3.8, 4) is 0 Å². The van der Waals surface area contributed by atoms with Crippen LogP contribution >= 0.6 is 11.8 Å². The first-order valence-electron chi connectivity index (χ1n) is 6.94. The Hall–Kier alpha value is -0.790. The lowest BCUT2D eigenvalue weighted by Gasteiger charge is -2.28. The highest BCUT2D eigenvalue weighted by molar-refractivity contribution is 7.99. The minimum atomic E-state index is -3.88. The minimum Gasteiger partial charge on any atom is -0.398 e. The number of halogens is 1. The number of aryl methyl sites for hydroxylation is 1. The van der Waals surface area contributed by atoms with E-state index >= 15 is 0 Å². The number of hydrogen-bond acceptors (Lipinski definition) is 4. The summed E-state index contributed by atoms with van der Waals surface area (Å²) in [5, 5.41) is 0.458. The van der Waals surface area contributed by atoms with Gasteiger partial charge in [0.2, 0.25) is 10.0 Å². The highest BCUT2D eigenvalue weighted by Gasteiger charge is 2.28. The number of nitrogen functional groups attached to an aromatic ring is 1. The first-order chi connectivity index (χ1) is 9.83. The number of anilines is 1. The van der Waals surface area contributed by atoms with Crippen molar-refractivity contribution in [1.82, 2.24) is 4.72 Å². The molecule has 21 heavy (non-hydrogen) atoms. The number of benzene rings is 1. The predicted molar refractivity (Wildman–Crippen MR) is 85.4 cm³/mol. The fourth-order valence-corrected chi connectivity index (χ4v) is 4.83. The summed E-state index contributed by atoms with van der Waals surface area (Å²) in [6.45, 7) is 1.65. The van der Waals surface area contributed by atoms with Crippen LogP contribution in [0.5, 0.6) is 0 Å². The Morgan fingerprint density at radius 2 is 2.10 bits per heavy atom. The van der Waals surface area contributed by atoms with Crippen LogP contribution in [0, 0.1) is 12.7 Å². The van der Waals surface area contributed by atoms with Gasteiger partial charge in [-0.2, -0.15) is 11.8 Å². The molecule has 1 aliphatic rings. The maximum absolute atomic E-state index is 13.9. The van der Waals surface area contributed by atoms with E-state index < -0.39 is 15.8 Å². The van der Waals surface area contributed by atoms with Crippen molar-refractivity contribution in [2.45, 2.75) is 48.8 Å². The van der Waals surface area contributed by atoms with E-state index in [1.807, 2.05) is 6.26 Å². The van der Waals surface area contributed by atoms with E-state index in [1.165, 1.54) is 6.07 Å². The fourth-order valence-electron chi connectivity index (χ4n) is 2.62. The van der Waals surface area contributed by atoms with Crippen molar-refractivity contribution >= 4 is 27.5 Å². The van der Waals surface area contributed by atoms with Crippen LogP contribution in [-0.4, -0.2) is 26.0 Å². The molecular weight excluding hydrogens is 311 g/mol. The van der Waals surface area contributed by atoms with Crippen LogP contribution in [0.15, 0.2) is 17.0 Å². The highest BCUT2D eigenvalue weighted by Crippen LogP contribution is 2.28. The zero-order chi connectivity index (χ0) is 15.6. The molecule has 7 heteroatoms. The molecule has 0 heterocycles. The Morgan fingerprint density at radius 1 is 1.38 bits per heavy atom. The van der Waals surface area contributed by atoms with E-state index in [0.29, 0.717) is 10.8 Å². The Balaban J connectivity index is 2.20. The second kappa shape index (κ2) is 6.54. The van der Waals surface area contributed by atoms with Gasteiger partial charge in [-0.3, -0.25) is 0 Å². The van der Waals surface area contributed by atoms with Gasteiger partial charge in [0.25, 0.3) is 0 Å². The van der Waals surface area contributed by atoms with Crippen LogP contribution in [0.3, 0.4) is 0 Å². The summed E-state index contributed by atoms with van der Waals surface area (Å²) in [6.07, 6.45) is 5.69. The van der Waals surface area contributed by atoms with E-state index in [9.17, 15) is 12.8 Å². The molecule has 0 aromatic heterocycles. The number of nitrogens with one attached hydrogen (secondary N) is 1. The van der Waals surface area contributed by atoms with Gasteiger partial charge in [0.15, 0.2) is 0 Å². The molecule has 1 aromatic rings. The summed E-state index contributed by atoms with van der Waals surface area (Å²) in [6, 6.07) is 2.22. The van der Waals surface area contributed by atoms with Gasteiger partial charge in [-0.15, -0.1) is 0 Å². The molecule has 4 nitrogen and oxygen atoms in total. The third-order valence-electron chi connectivity index (χ3n) is 3.89. The van der Waals surface area contributed by atoms with Crippen molar-refractivity contribution in [3.63, 3.8) is 0 Å². The zero-order valence-electron chi connectivity index (χ0n) is 12.2. The fraction of sp³-hybridized carbons (Fsp3) is 0.571. The number of rotatable bonds is 4. The maximum atomic E-state index is 13.9. The Morgan fingerprint density at radius 3 is 2.76 bits per heavy atom. The summed E-state index contributed by atoms with van der Waals surface area (Å²) < 4.78 is 41.3. The van der Waals surface area contributed by atoms with Gasteiger partial charge in [-0.25, -0.2) is 17.5 Å². The van der Waals surface area contributed by atoms with Gasteiger partial charge in [-0.1, -0.05) is 6.42 Å². The second-order valence-corrected chi connectivity index (χ2v) is 8.30. The SMILES string of the molecule is CSC1CCCC(NS(=O)(=O)c2cc(N)c(C)cc2F)C1. The third-order valence-corrected chi connectivity index (χ3v) is 6.52. The molecule has 0 aliphatic heterocycles. The summed E-state index contributed by atoms with van der Waals surface area (Å²) >= 11 is 1.75. The normalized spacial score (nSPS) is 23.2. The van der Waals surface area contributed by atoms with Crippen LogP contribution in [0.2, 0.25) is 0 Å². The molecular formula is C14H21FN2O2S2. The zero-order valence-corrected chi connectivity index (χ0v) is 13.9. The lowest BCUT2D eigenvalue weighted by molar-refractivity contribution is 0.419. The van der Waals surface area contributed by atoms with E-state index in [1.54, 1.807) is 18.7 Å². The standard InChI is InChI=1S/C14H21FN2O2S2/c1-9-6-12(15)14(8-13(9)16)21(18,19)17-10-4-3-5-11(7-10)20-2/h6,8,10-11,17H,3-5,7,16H2,1-2H3. The molecule has 2 rings (SSSR count). The highest BCUT2D eigenvalue weighted by atomic mass is 32.2. The Kier molecular flexibility index (Phi) is 5.16. The van der Waals surface area contributed by atoms with E-state index in [2.05, 4.69) is 4.72 Å². The third kappa shape index (κ3) is 3.90. The van der Waals surface area contributed by atoms with Crippen LogP contribution in [0.4, 0.5) is 10.1 Å². The molecule has 1 fully saturated rings. The van der Waals surface area contributed by atoms with E-state index in [4.69, 9.17) is 5.73 Å². The van der Waals surface area contributed by atoms with Crippen LogP contribution in [0.1, 0.15) is 31.2 Å². The number of sulfonamides is 1. The molecule has 2 unspecified atom stereocenters. The van der Waals surface area contributed by atoms with Crippen molar-refractivity contribution in [2.75, 3.05) is 12.0 Å². The molecule has 2 atom stereocenters. The van der Waals surface area contributed by atoms with Crippen LogP contribution in [-0.2, 0) is 10.0 Å². The van der Waals surface area contributed by atoms with Crippen molar-refractivity contribution in [2.24, 2.45) is 0 Å². The number of thioether (sulfide) groups is 1. The molecule has 1 aromatic carbocycles. The van der Waals surface area contributed by atoms with E-state index in [0.717, 1.165) is 31.7 Å². The quantitative estimate of drug-likeness (QED) is 0.832. The van der Waals surface area contributed by atoms with E-state index in [-0.39, 0.29) is 16.6 Å². The van der Waals surface area contributed by atoms with Gasteiger partial charge >= 0.3 is 0 Å². The molecule has 1 aliphatic carbocycles. The lowest BCUT2D eigenvalue weighted by Crippen LogP contribution is -2.39. The number of nitrogens with two attached hydrogens (primary N) is 1. The molecule has 0 amide bonds. The molecule has 0 spiro atoms. The average Bonchev–Trinajstić information content (AvgIpc) is 2.42. The molecule has 1 saturated carbocycles. The van der Waals surface area contributed by atoms with Crippen molar-refractivity contribution in [1.29, 1.82) is 0 Å². The topological polar surface area (TPSA) is 72.2 Å². The minimum absolute atomic E-state index is 0.136. The van der Waals surface area contributed by atoms with Crippen molar-refractivity contribution < 1.29 is 12.8 Å². The first kappa shape index (κ1) is 16.6. The lowest BCUT2D eigenvalue weighted by atomic mass is 9.96. The first-order valence-corrected chi connectivity index (χ1v) is 9.71. The summed E-state index contributed by atoms with van der Waals surface area (Å²) in [4.78, 5) is -0.364. The molecule has 0 saturated heterocycles. The second-order valence-electron chi connectivity index (χ2n) is 5.48. The largest absolute Gasteiger partial charge is 0.398 e. The van der Waals surface area contributed by atoms with Crippen LogP contribution < -0.4 is 10.5 Å².